The van der Waals surface area contributed by atoms with Crippen LogP contribution < -0.4 is 16.4 Å². The van der Waals surface area contributed by atoms with Crippen LogP contribution in [0, 0.1) is 0 Å². The smallest absolute Gasteiger partial charge is 0.312 e. The third kappa shape index (κ3) is 5.16. The lowest BCUT2D eigenvalue weighted by molar-refractivity contribution is -0.123. The number of amides is 3. The molecule has 0 bridgehead atoms. The van der Waals surface area contributed by atoms with Crippen LogP contribution >= 0.6 is 11.8 Å². The molecular formula is C17H25N3O2S. The predicted octanol–water partition coefficient (Wildman–Crippen LogP) is 2.01. The molecule has 6 heteroatoms. The second-order valence-corrected chi connectivity index (χ2v) is 6.86. The maximum atomic E-state index is 12.3. The molecule has 0 aliphatic heterocycles. The van der Waals surface area contributed by atoms with E-state index in [-0.39, 0.29) is 5.91 Å². The zero-order chi connectivity index (χ0) is 16.7. The normalized spacial score (nSPS) is 17.9. The summed E-state index contributed by atoms with van der Waals surface area (Å²) in [4.78, 5) is 23.4. The van der Waals surface area contributed by atoms with Gasteiger partial charge in [0.25, 0.3) is 0 Å². The third-order valence-corrected chi connectivity index (χ3v) is 4.90. The number of nitrogens with two attached hydrogens (primary N) is 1. The molecule has 23 heavy (non-hydrogen) atoms. The highest BCUT2D eigenvalue weighted by molar-refractivity contribution is 7.98. The summed E-state index contributed by atoms with van der Waals surface area (Å²) < 4.78 is 0. The van der Waals surface area contributed by atoms with Crippen molar-refractivity contribution in [3.8, 4) is 0 Å². The summed E-state index contributed by atoms with van der Waals surface area (Å²) in [6, 6.07) is 7.22. The number of urea groups is 1. The molecule has 2 atom stereocenters. The van der Waals surface area contributed by atoms with Crippen molar-refractivity contribution in [3.63, 3.8) is 0 Å². The Morgan fingerprint density at radius 3 is 2.91 bits per heavy atom. The van der Waals surface area contributed by atoms with Crippen molar-refractivity contribution in [2.45, 2.75) is 37.6 Å². The van der Waals surface area contributed by atoms with Crippen molar-refractivity contribution < 1.29 is 9.59 Å². The first kappa shape index (κ1) is 17.7. The van der Waals surface area contributed by atoms with Gasteiger partial charge in [-0.2, -0.15) is 11.8 Å². The molecule has 1 aromatic rings. The number of hydrogen-bond donors (Lipinski definition) is 3. The van der Waals surface area contributed by atoms with Gasteiger partial charge in [0.2, 0.25) is 5.91 Å². The monoisotopic (exact) mass is 335 g/mol. The number of thioether (sulfide) groups is 1. The molecule has 1 aliphatic carbocycles. The van der Waals surface area contributed by atoms with Crippen LogP contribution in [0.1, 0.15) is 36.3 Å². The second-order valence-electron chi connectivity index (χ2n) is 5.88. The molecular weight excluding hydrogens is 310 g/mol. The summed E-state index contributed by atoms with van der Waals surface area (Å²) in [5.74, 6) is 0.990. The van der Waals surface area contributed by atoms with Gasteiger partial charge in [-0.05, 0) is 48.8 Å². The Labute approximate surface area is 141 Å². The highest BCUT2D eigenvalue weighted by atomic mass is 32.2. The van der Waals surface area contributed by atoms with Gasteiger partial charge in [0.05, 0.1) is 0 Å². The summed E-state index contributed by atoms with van der Waals surface area (Å²) in [5.41, 5.74) is 7.89. The van der Waals surface area contributed by atoms with Crippen LogP contribution in [0.3, 0.4) is 0 Å². The zero-order valence-electron chi connectivity index (χ0n) is 13.5. The molecule has 2 unspecified atom stereocenters. The van der Waals surface area contributed by atoms with E-state index in [4.69, 9.17) is 5.73 Å². The van der Waals surface area contributed by atoms with Crippen molar-refractivity contribution in [1.29, 1.82) is 0 Å². The Morgan fingerprint density at radius 1 is 1.39 bits per heavy atom. The van der Waals surface area contributed by atoms with E-state index < -0.39 is 12.1 Å². The lowest BCUT2D eigenvalue weighted by atomic mass is 9.83. The minimum atomic E-state index is -0.658. The van der Waals surface area contributed by atoms with Gasteiger partial charge in [-0.15, -0.1) is 0 Å². The molecule has 1 aliphatic rings. The van der Waals surface area contributed by atoms with Crippen molar-refractivity contribution in [1.82, 2.24) is 10.6 Å². The number of carbonyl (C=O) groups is 2. The molecule has 126 valence electrons. The number of aryl methyl sites for hydroxylation is 1. The summed E-state index contributed by atoms with van der Waals surface area (Å²) in [6.07, 6.45) is 5.89. The van der Waals surface area contributed by atoms with E-state index in [1.54, 1.807) is 11.8 Å². The topological polar surface area (TPSA) is 84.2 Å². The van der Waals surface area contributed by atoms with Gasteiger partial charge < -0.3 is 16.4 Å². The van der Waals surface area contributed by atoms with Gasteiger partial charge in [0, 0.05) is 12.5 Å². The summed E-state index contributed by atoms with van der Waals surface area (Å²) in [5, 5.41) is 5.52. The Balaban J connectivity index is 1.93. The van der Waals surface area contributed by atoms with Gasteiger partial charge >= 0.3 is 6.03 Å². The minimum absolute atomic E-state index is 0.152. The van der Waals surface area contributed by atoms with Gasteiger partial charge in [0.15, 0.2) is 0 Å². The Hall–Kier alpha value is -1.69. The van der Waals surface area contributed by atoms with Crippen LogP contribution in [-0.2, 0) is 11.2 Å². The van der Waals surface area contributed by atoms with E-state index in [9.17, 15) is 9.59 Å². The number of fused-ring (bicyclic) bond motifs is 1. The van der Waals surface area contributed by atoms with Gasteiger partial charge in [-0.25, -0.2) is 4.79 Å². The number of hydrogen-bond acceptors (Lipinski definition) is 3. The highest BCUT2D eigenvalue weighted by Gasteiger charge is 2.23. The fraction of sp³-hybridized carbons (Fsp3) is 0.529. The van der Waals surface area contributed by atoms with Crippen LogP contribution in [0.2, 0.25) is 0 Å². The van der Waals surface area contributed by atoms with Crippen LogP contribution in [0.4, 0.5) is 4.79 Å². The number of carbonyl (C=O) groups excluding carboxylic acids is 2. The van der Waals surface area contributed by atoms with Gasteiger partial charge in [-0.1, -0.05) is 24.3 Å². The number of benzene rings is 1. The van der Waals surface area contributed by atoms with E-state index in [0.717, 1.165) is 25.0 Å². The third-order valence-electron chi connectivity index (χ3n) is 4.26. The van der Waals surface area contributed by atoms with Crippen molar-refractivity contribution in [2.24, 2.45) is 5.73 Å². The summed E-state index contributed by atoms with van der Waals surface area (Å²) in [7, 11) is 0. The number of rotatable bonds is 7. The van der Waals surface area contributed by atoms with Crippen molar-refractivity contribution in [2.75, 3.05) is 18.6 Å². The molecule has 1 aromatic carbocycles. The van der Waals surface area contributed by atoms with Crippen LogP contribution in [0.25, 0.3) is 0 Å². The molecule has 4 N–H and O–H groups in total. The molecule has 2 rings (SSSR count). The summed E-state index contributed by atoms with van der Waals surface area (Å²) >= 11 is 1.64. The maximum absolute atomic E-state index is 12.3. The first-order valence-corrected chi connectivity index (χ1v) is 9.41. The van der Waals surface area contributed by atoms with E-state index in [1.807, 2.05) is 6.26 Å². The van der Waals surface area contributed by atoms with Crippen molar-refractivity contribution in [3.05, 3.63) is 35.4 Å². The molecule has 5 nitrogen and oxygen atoms in total. The Morgan fingerprint density at radius 2 is 2.17 bits per heavy atom. The Kier molecular flexibility index (Phi) is 6.77. The maximum Gasteiger partial charge on any atom is 0.312 e. The average Bonchev–Trinajstić information content (AvgIpc) is 2.56. The van der Waals surface area contributed by atoms with Gasteiger partial charge in [0.1, 0.15) is 6.04 Å². The molecule has 0 radical (unpaired) electrons. The van der Waals surface area contributed by atoms with Gasteiger partial charge in [-0.3, -0.25) is 4.79 Å². The quantitative estimate of drug-likeness (QED) is 0.713. The van der Waals surface area contributed by atoms with E-state index in [2.05, 4.69) is 34.9 Å². The number of primary amides is 1. The molecule has 0 aromatic heterocycles. The Bertz CT molecular complexity index is 550. The molecule has 0 spiro atoms. The van der Waals surface area contributed by atoms with E-state index in [1.165, 1.54) is 11.1 Å². The van der Waals surface area contributed by atoms with E-state index >= 15 is 0 Å². The van der Waals surface area contributed by atoms with Crippen LogP contribution in [0.5, 0.6) is 0 Å². The standard InChI is InChI=1S/C17H25N3O2S/c1-23-10-9-15(20-17(18)22)16(21)19-11-13-7-4-6-12-5-2-3-8-14(12)13/h2-3,5,8,13,15H,4,6-7,9-11H2,1H3,(H,19,21)(H3,18,20,22). The lowest BCUT2D eigenvalue weighted by Gasteiger charge is -2.26. The molecule has 3 amide bonds. The fourth-order valence-corrected chi connectivity index (χ4v) is 3.56. The minimum Gasteiger partial charge on any atom is -0.354 e. The number of nitrogens with one attached hydrogen (secondary N) is 2. The molecule has 0 heterocycles. The highest BCUT2D eigenvalue weighted by Crippen LogP contribution is 2.30. The predicted molar refractivity (Wildman–Crippen MR) is 94.6 cm³/mol. The zero-order valence-corrected chi connectivity index (χ0v) is 14.3. The van der Waals surface area contributed by atoms with Crippen LogP contribution in [-0.4, -0.2) is 36.5 Å². The second kappa shape index (κ2) is 8.82. The largest absolute Gasteiger partial charge is 0.354 e. The molecule has 0 saturated heterocycles. The summed E-state index contributed by atoms with van der Waals surface area (Å²) in [6.45, 7) is 0.603. The molecule has 0 saturated carbocycles. The fourth-order valence-electron chi connectivity index (χ4n) is 3.09. The van der Waals surface area contributed by atoms with Crippen molar-refractivity contribution >= 4 is 23.7 Å². The molecule has 0 fully saturated rings. The lowest BCUT2D eigenvalue weighted by Crippen LogP contribution is -2.49. The average molecular weight is 335 g/mol. The first-order valence-electron chi connectivity index (χ1n) is 8.02. The van der Waals surface area contributed by atoms with E-state index in [0.29, 0.717) is 18.9 Å². The first-order chi connectivity index (χ1) is 11.1. The SMILES string of the molecule is CSCCC(NC(N)=O)C(=O)NCC1CCCc2ccccc21. The van der Waals surface area contributed by atoms with Crippen LogP contribution in [0.15, 0.2) is 24.3 Å².